The summed E-state index contributed by atoms with van der Waals surface area (Å²) in [7, 11) is 0. The zero-order chi connectivity index (χ0) is 17.9. The zero-order valence-corrected chi connectivity index (χ0v) is 12.4. The van der Waals surface area contributed by atoms with Crippen molar-refractivity contribution in [2.75, 3.05) is 6.61 Å². The van der Waals surface area contributed by atoms with Gasteiger partial charge in [-0.15, -0.1) is 0 Å². The molecular formula is C15H18O9. The van der Waals surface area contributed by atoms with Crippen LogP contribution in [0.1, 0.15) is 5.56 Å². The van der Waals surface area contributed by atoms with E-state index in [0.29, 0.717) is 5.56 Å². The van der Waals surface area contributed by atoms with Crippen molar-refractivity contribution in [3.05, 3.63) is 29.8 Å². The third-order valence-corrected chi connectivity index (χ3v) is 3.49. The standard InChI is InChI=1S/C15H18O9/c16-6-10-12(20)13(21)14(22)15(23-10)24-11(19)4-2-7-1-3-8(17)9(18)5-7/h1-5,10,12-18,20-22H,6H2. The number of phenols is 2. The average Bonchev–Trinajstić information content (AvgIpc) is 2.56. The molecule has 1 aromatic rings. The molecule has 0 bridgehead atoms. The molecule has 132 valence electrons. The number of aromatic hydroxyl groups is 2. The first-order valence-corrected chi connectivity index (χ1v) is 7.04. The minimum Gasteiger partial charge on any atom is -0.504 e. The fourth-order valence-corrected chi connectivity index (χ4v) is 2.13. The SMILES string of the molecule is O=C(C=Cc1ccc(O)c(O)c1)OC1OC(CO)C(O)C(O)C1O. The highest BCUT2D eigenvalue weighted by Gasteiger charge is 2.45. The highest BCUT2D eigenvalue weighted by molar-refractivity contribution is 5.87. The number of esters is 1. The van der Waals surface area contributed by atoms with Crippen LogP contribution in [-0.2, 0) is 14.3 Å². The van der Waals surface area contributed by atoms with Crippen LogP contribution < -0.4 is 0 Å². The summed E-state index contributed by atoms with van der Waals surface area (Å²) in [6.07, 6.45) is -5.36. The number of hydrogen-bond donors (Lipinski definition) is 6. The second-order valence-electron chi connectivity index (χ2n) is 5.22. The molecule has 5 unspecified atom stereocenters. The van der Waals surface area contributed by atoms with Gasteiger partial charge in [0.15, 0.2) is 11.5 Å². The van der Waals surface area contributed by atoms with Crippen LogP contribution in [0.2, 0.25) is 0 Å². The Bertz CT molecular complexity index is 613. The molecule has 0 aliphatic carbocycles. The summed E-state index contributed by atoms with van der Waals surface area (Å²) in [5.41, 5.74) is 0.399. The Morgan fingerprint density at radius 2 is 1.83 bits per heavy atom. The number of rotatable bonds is 4. The molecule has 1 fully saturated rings. The van der Waals surface area contributed by atoms with Gasteiger partial charge >= 0.3 is 5.97 Å². The monoisotopic (exact) mass is 342 g/mol. The number of ether oxygens (including phenoxy) is 2. The fraction of sp³-hybridized carbons (Fsp3) is 0.400. The molecular weight excluding hydrogens is 324 g/mol. The first-order chi connectivity index (χ1) is 11.3. The molecule has 0 spiro atoms. The third-order valence-electron chi connectivity index (χ3n) is 3.49. The Labute approximate surface area is 136 Å². The molecule has 1 aromatic carbocycles. The molecule has 6 N–H and O–H groups in total. The highest BCUT2D eigenvalue weighted by Crippen LogP contribution is 2.25. The molecule has 0 radical (unpaired) electrons. The molecule has 1 heterocycles. The van der Waals surface area contributed by atoms with Crippen LogP contribution in [0.3, 0.4) is 0 Å². The first-order valence-electron chi connectivity index (χ1n) is 7.04. The second-order valence-corrected chi connectivity index (χ2v) is 5.22. The van der Waals surface area contributed by atoms with Crippen LogP contribution in [-0.4, -0.2) is 73.9 Å². The minimum atomic E-state index is -1.68. The molecule has 0 saturated carbocycles. The van der Waals surface area contributed by atoms with Crippen LogP contribution in [0, 0.1) is 0 Å². The van der Waals surface area contributed by atoms with Crippen LogP contribution in [0.25, 0.3) is 6.08 Å². The predicted molar refractivity (Wildman–Crippen MR) is 78.7 cm³/mol. The van der Waals surface area contributed by atoms with Crippen molar-refractivity contribution >= 4 is 12.0 Å². The molecule has 1 saturated heterocycles. The van der Waals surface area contributed by atoms with Crippen molar-refractivity contribution in [3.8, 4) is 11.5 Å². The van der Waals surface area contributed by atoms with E-state index in [4.69, 9.17) is 14.6 Å². The number of hydrogen-bond acceptors (Lipinski definition) is 9. The second kappa shape index (κ2) is 7.60. The molecule has 24 heavy (non-hydrogen) atoms. The summed E-state index contributed by atoms with van der Waals surface area (Å²) in [6, 6.07) is 3.89. The molecule has 0 aromatic heterocycles. The maximum atomic E-state index is 11.7. The zero-order valence-electron chi connectivity index (χ0n) is 12.4. The lowest BCUT2D eigenvalue weighted by atomic mass is 9.99. The predicted octanol–water partition coefficient (Wildman–Crippen LogP) is -1.55. The van der Waals surface area contributed by atoms with Gasteiger partial charge in [-0.2, -0.15) is 0 Å². The molecule has 1 aliphatic heterocycles. The maximum Gasteiger partial charge on any atom is 0.333 e. The van der Waals surface area contributed by atoms with Crippen molar-refractivity contribution in [1.29, 1.82) is 0 Å². The first kappa shape index (κ1) is 18.2. The van der Waals surface area contributed by atoms with E-state index in [-0.39, 0.29) is 11.5 Å². The molecule has 9 heteroatoms. The van der Waals surface area contributed by atoms with E-state index in [9.17, 15) is 30.3 Å². The van der Waals surface area contributed by atoms with Crippen LogP contribution in [0.4, 0.5) is 0 Å². The number of carbonyl (C=O) groups excluding carboxylic acids is 1. The molecule has 9 nitrogen and oxygen atoms in total. The number of carbonyl (C=O) groups is 1. The molecule has 1 aliphatic rings. The topological polar surface area (TPSA) is 157 Å². The Hall–Kier alpha value is -2.17. The van der Waals surface area contributed by atoms with Gasteiger partial charge in [-0.3, -0.25) is 0 Å². The van der Waals surface area contributed by atoms with Gasteiger partial charge < -0.3 is 40.1 Å². The number of aliphatic hydroxyl groups excluding tert-OH is 4. The van der Waals surface area contributed by atoms with Crippen molar-refractivity contribution in [1.82, 2.24) is 0 Å². The Morgan fingerprint density at radius 1 is 1.12 bits per heavy atom. The van der Waals surface area contributed by atoms with Gasteiger partial charge in [0.05, 0.1) is 6.61 Å². The fourth-order valence-electron chi connectivity index (χ4n) is 2.13. The van der Waals surface area contributed by atoms with Crippen LogP contribution in [0.5, 0.6) is 11.5 Å². The van der Waals surface area contributed by atoms with Gasteiger partial charge in [0, 0.05) is 6.08 Å². The van der Waals surface area contributed by atoms with Crippen molar-refractivity contribution in [2.24, 2.45) is 0 Å². The Morgan fingerprint density at radius 3 is 2.46 bits per heavy atom. The normalized spacial score (nSPS) is 30.4. The van der Waals surface area contributed by atoms with Gasteiger partial charge in [-0.05, 0) is 23.8 Å². The van der Waals surface area contributed by atoms with E-state index < -0.39 is 43.3 Å². The van der Waals surface area contributed by atoms with Crippen molar-refractivity contribution in [2.45, 2.75) is 30.7 Å². The van der Waals surface area contributed by atoms with Gasteiger partial charge in [-0.1, -0.05) is 6.07 Å². The van der Waals surface area contributed by atoms with E-state index in [0.717, 1.165) is 6.08 Å². The number of phenolic OH excluding ortho intramolecular Hbond substituents is 2. The quantitative estimate of drug-likeness (QED) is 0.217. The van der Waals surface area contributed by atoms with E-state index in [1.165, 1.54) is 24.3 Å². The van der Waals surface area contributed by atoms with E-state index in [1.807, 2.05) is 0 Å². The largest absolute Gasteiger partial charge is 0.504 e. The lowest BCUT2D eigenvalue weighted by Crippen LogP contribution is -2.59. The lowest BCUT2D eigenvalue weighted by Gasteiger charge is -2.38. The summed E-state index contributed by atoms with van der Waals surface area (Å²) in [6.45, 7) is -0.637. The minimum absolute atomic E-state index is 0.309. The van der Waals surface area contributed by atoms with Crippen molar-refractivity contribution < 1.29 is 44.9 Å². The molecule has 0 amide bonds. The summed E-state index contributed by atoms with van der Waals surface area (Å²) in [5, 5.41) is 56.5. The van der Waals surface area contributed by atoms with Crippen molar-refractivity contribution in [3.63, 3.8) is 0 Å². The highest BCUT2D eigenvalue weighted by atomic mass is 16.7. The molecule has 2 rings (SSSR count). The van der Waals surface area contributed by atoms with Gasteiger partial charge in [0.25, 0.3) is 0 Å². The van der Waals surface area contributed by atoms with E-state index >= 15 is 0 Å². The van der Waals surface area contributed by atoms with E-state index in [2.05, 4.69) is 0 Å². The summed E-state index contributed by atoms with van der Waals surface area (Å²) in [4.78, 5) is 11.7. The smallest absolute Gasteiger partial charge is 0.333 e. The van der Waals surface area contributed by atoms with Crippen LogP contribution in [0.15, 0.2) is 24.3 Å². The summed E-state index contributed by atoms with van der Waals surface area (Å²) >= 11 is 0. The van der Waals surface area contributed by atoms with Crippen LogP contribution >= 0.6 is 0 Å². The van der Waals surface area contributed by atoms with E-state index in [1.54, 1.807) is 0 Å². The van der Waals surface area contributed by atoms with Gasteiger partial charge in [-0.25, -0.2) is 4.79 Å². The number of aliphatic hydroxyl groups is 4. The Balaban J connectivity index is 2.00. The summed E-state index contributed by atoms with van der Waals surface area (Å²) in [5.74, 6) is -1.60. The number of benzene rings is 1. The van der Waals surface area contributed by atoms with Gasteiger partial charge in [0.1, 0.15) is 24.4 Å². The lowest BCUT2D eigenvalue weighted by molar-refractivity contribution is -0.291. The average molecular weight is 342 g/mol. The maximum absolute atomic E-state index is 11.7. The third kappa shape index (κ3) is 4.02. The molecule has 5 atom stereocenters. The van der Waals surface area contributed by atoms with Gasteiger partial charge in [0.2, 0.25) is 6.29 Å². The Kier molecular flexibility index (Phi) is 5.75. The summed E-state index contributed by atoms with van der Waals surface area (Å²) < 4.78 is 9.87.